The topological polar surface area (TPSA) is 74.6 Å². The molecular formula is C23H27N3O3. The molecular weight excluding hydrogens is 366 g/mol. The van der Waals surface area contributed by atoms with Crippen molar-refractivity contribution < 1.29 is 14.3 Å². The number of carbonyl (C=O) groups is 1. The lowest BCUT2D eigenvalue weighted by molar-refractivity contribution is -0.118. The molecule has 1 N–H and O–H groups in total. The normalized spacial score (nSPS) is 14.2. The average molecular weight is 393 g/mol. The highest BCUT2D eigenvalue weighted by atomic mass is 16.5. The van der Waals surface area contributed by atoms with E-state index in [1.807, 2.05) is 31.2 Å². The van der Waals surface area contributed by atoms with Crippen molar-refractivity contribution in [3.05, 3.63) is 48.0 Å². The Labute approximate surface area is 172 Å². The minimum absolute atomic E-state index is 0.141. The van der Waals surface area contributed by atoms with Gasteiger partial charge in [0.15, 0.2) is 18.1 Å². The first-order valence-electron chi connectivity index (χ1n) is 10.0. The van der Waals surface area contributed by atoms with Crippen molar-refractivity contribution in [2.75, 3.05) is 36.5 Å². The van der Waals surface area contributed by atoms with Gasteiger partial charge in [0, 0.05) is 30.5 Å². The Morgan fingerprint density at radius 1 is 1.14 bits per heavy atom. The number of ether oxygens (including phenoxy) is 2. The molecule has 0 aliphatic carbocycles. The first-order valence-corrected chi connectivity index (χ1v) is 10.0. The number of nitrogens with one attached hydrogen (secondary N) is 1. The summed E-state index contributed by atoms with van der Waals surface area (Å²) < 4.78 is 11.1. The average Bonchev–Trinajstić information content (AvgIpc) is 2.74. The van der Waals surface area contributed by atoms with Gasteiger partial charge in [-0.05, 0) is 62.1 Å². The van der Waals surface area contributed by atoms with Crippen molar-refractivity contribution in [3.8, 4) is 17.6 Å². The molecule has 1 aliphatic rings. The van der Waals surface area contributed by atoms with Crippen LogP contribution in [0.1, 0.15) is 32.3 Å². The van der Waals surface area contributed by atoms with Crippen molar-refractivity contribution in [1.29, 1.82) is 5.26 Å². The molecule has 2 aromatic rings. The minimum Gasteiger partial charge on any atom is -0.490 e. The number of rotatable bonds is 7. The van der Waals surface area contributed by atoms with Crippen molar-refractivity contribution in [3.63, 3.8) is 0 Å². The third kappa shape index (κ3) is 5.64. The van der Waals surface area contributed by atoms with Crippen molar-refractivity contribution in [2.45, 2.75) is 26.7 Å². The molecule has 152 valence electrons. The summed E-state index contributed by atoms with van der Waals surface area (Å²) >= 11 is 0. The third-order valence-electron chi connectivity index (χ3n) is 5.03. The molecule has 3 rings (SSSR count). The Balaban J connectivity index is 1.54. The summed E-state index contributed by atoms with van der Waals surface area (Å²) in [7, 11) is 0. The second kappa shape index (κ2) is 9.83. The molecule has 1 heterocycles. The van der Waals surface area contributed by atoms with Gasteiger partial charge < -0.3 is 19.7 Å². The van der Waals surface area contributed by atoms with E-state index in [2.05, 4.69) is 23.2 Å². The number of piperidine rings is 1. The van der Waals surface area contributed by atoms with Crippen LogP contribution in [0.15, 0.2) is 42.5 Å². The van der Waals surface area contributed by atoms with Crippen molar-refractivity contribution >= 4 is 17.3 Å². The summed E-state index contributed by atoms with van der Waals surface area (Å²) in [5, 5.41) is 11.9. The monoisotopic (exact) mass is 393 g/mol. The highest BCUT2D eigenvalue weighted by molar-refractivity contribution is 5.92. The van der Waals surface area contributed by atoms with Gasteiger partial charge in [0.05, 0.1) is 18.2 Å². The molecule has 0 bridgehead atoms. The van der Waals surface area contributed by atoms with Gasteiger partial charge in [0.1, 0.15) is 0 Å². The van der Waals surface area contributed by atoms with E-state index >= 15 is 0 Å². The van der Waals surface area contributed by atoms with Crippen LogP contribution in [0.4, 0.5) is 11.4 Å². The van der Waals surface area contributed by atoms with E-state index in [9.17, 15) is 4.79 Å². The van der Waals surface area contributed by atoms with E-state index in [1.54, 1.807) is 18.2 Å². The Hall–Kier alpha value is -3.20. The van der Waals surface area contributed by atoms with Gasteiger partial charge in [-0.25, -0.2) is 0 Å². The molecule has 1 fully saturated rings. The number of hydrogen-bond donors (Lipinski definition) is 1. The van der Waals surface area contributed by atoms with E-state index in [-0.39, 0.29) is 12.5 Å². The fraction of sp³-hybridized carbons (Fsp3) is 0.391. The largest absolute Gasteiger partial charge is 0.490 e. The zero-order chi connectivity index (χ0) is 20.6. The second-order valence-electron chi connectivity index (χ2n) is 7.26. The van der Waals surface area contributed by atoms with Gasteiger partial charge in [0.25, 0.3) is 5.91 Å². The zero-order valence-electron chi connectivity index (χ0n) is 17.0. The molecule has 1 amide bonds. The number of anilines is 2. The number of nitrogens with zero attached hydrogens (tertiary/aromatic N) is 2. The summed E-state index contributed by atoms with van der Waals surface area (Å²) in [5.74, 6) is 1.44. The zero-order valence-corrected chi connectivity index (χ0v) is 17.0. The van der Waals surface area contributed by atoms with E-state index in [1.165, 1.54) is 18.5 Å². The number of hydrogen-bond acceptors (Lipinski definition) is 5. The number of amides is 1. The summed E-state index contributed by atoms with van der Waals surface area (Å²) in [6.07, 6.45) is 2.43. The summed E-state index contributed by atoms with van der Waals surface area (Å²) in [6, 6.07) is 14.9. The third-order valence-corrected chi connectivity index (χ3v) is 5.03. The second-order valence-corrected chi connectivity index (χ2v) is 7.26. The van der Waals surface area contributed by atoms with Crippen LogP contribution < -0.4 is 19.7 Å². The van der Waals surface area contributed by atoms with Gasteiger partial charge in [-0.15, -0.1) is 0 Å². The van der Waals surface area contributed by atoms with Crippen LogP contribution in [0.5, 0.6) is 11.5 Å². The van der Waals surface area contributed by atoms with E-state index < -0.39 is 0 Å². The Kier molecular flexibility index (Phi) is 6.96. The van der Waals surface area contributed by atoms with Crippen molar-refractivity contribution in [1.82, 2.24) is 0 Å². The Morgan fingerprint density at radius 3 is 2.52 bits per heavy atom. The molecule has 1 saturated heterocycles. The smallest absolute Gasteiger partial charge is 0.262 e. The SMILES string of the molecule is CCOc1cc(C#N)ccc1OCC(=O)Nc1ccc(N2CCC(C)CC2)cc1. The van der Waals surface area contributed by atoms with Crippen LogP contribution in [-0.4, -0.2) is 32.2 Å². The molecule has 0 radical (unpaired) electrons. The van der Waals surface area contributed by atoms with Crippen LogP contribution >= 0.6 is 0 Å². The van der Waals surface area contributed by atoms with Crippen LogP contribution in [-0.2, 0) is 4.79 Å². The number of nitriles is 1. The van der Waals surface area contributed by atoms with E-state index in [4.69, 9.17) is 14.7 Å². The van der Waals surface area contributed by atoms with Gasteiger partial charge in [-0.3, -0.25) is 4.79 Å². The Bertz CT molecular complexity index is 866. The summed E-state index contributed by atoms with van der Waals surface area (Å²) in [4.78, 5) is 14.6. The van der Waals surface area contributed by atoms with Crippen LogP contribution in [0.25, 0.3) is 0 Å². The van der Waals surface area contributed by atoms with E-state index in [0.29, 0.717) is 23.7 Å². The molecule has 0 aromatic heterocycles. The summed E-state index contributed by atoms with van der Waals surface area (Å²) in [6.45, 7) is 6.61. The molecule has 0 unspecified atom stereocenters. The molecule has 2 aromatic carbocycles. The fourth-order valence-corrected chi connectivity index (χ4v) is 3.33. The number of benzene rings is 2. The maximum Gasteiger partial charge on any atom is 0.262 e. The molecule has 29 heavy (non-hydrogen) atoms. The highest BCUT2D eigenvalue weighted by Crippen LogP contribution is 2.28. The van der Waals surface area contributed by atoms with Gasteiger partial charge in [-0.2, -0.15) is 5.26 Å². The molecule has 0 atom stereocenters. The molecule has 1 aliphatic heterocycles. The van der Waals surface area contributed by atoms with Gasteiger partial charge >= 0.3 is 0 Å². The minimum atomic E-state index is -0.253. The lowest BCUT2D eigenvalue weighted by Crippen LogP contribution is -2.32. The van der Waals surface area contributed by atoms with Gasteiger partial charge in [-0.1, -0.05) is 6.92 Å². The van der Waals surface area contributed by atoms with Crippen LogP contribution in [0, 0.1) is 17.2 Å². The Morgan fingerprint density at radius 2 is 1.86 bits per heavy atom. The van der Waals surface area contributed by atoms with Crippen LogP contribution in [0.2, 0.25) is 0 Å². The summed E-state index contributed by atoms with van der Waals surface area (Å²) in [5.41, 5.74) is 2.40. The first-order chi connectivity index (χ1) is 14.1. The standard InChI is InChI=1S/C23H27N3O3/c1-3-28-22-14-18(15-24)4-9-21(22)29-16-23(27)25-19-5-7-20(8-6-19)26-12-10-17(2)11-13-26/h4-9,14,17H,3,10-13,16H2,1-2H3,(H,25,27). The fourth-order valence-electron chi connectivity index (χ4n) is 3.33. The number of carbonyl (C=O) groups excluding carboxylic acids is 1. The van der Waals surface area contributed by atoms with Crippen molar-refractivity contribution in [2.24, 2.45) is 5.92 Å². The molecule has 6 heteroatoms. The van der Waals surface area contributed by atoms with Crippen LogP contribution in [0.3, 0.4) is 0 Å². The lowest BCUT2D eigenvalue weighted by atomic mass is 9.99. The molecule has 0 saturated carbocycles. The maximum absolute atomic E-state index is 12.3. The predicted molar refractivity (Wildman–Crippen MR) is 114 cm³/mol. The lowest BCUT2D eigenvalue weighted by Gasteiger charge is -2.32. The molecule has 6 nitrogen and oxygen atoms in total. The quantitative estimate of drug-likeness (QED) is 0.763. The molecule has 0 spiro atoms. The highest BCUT2D eigenvalue weighted by Gasteiger charge is 2.16. The maximum atomic E-state index is 12.3. The van der Waals surface area contributed by atoms with E-state index in [0.717, 1.165) is 24.7 Å². The van der Waals surface area contributed by atoms with Gasteiger partial charge in [0.2, 0.25) is 0 Å². The first kappa shape index (κ1) is 20.5. The predicted octanol–water partition coefficient (Wildman–Crippen LogP) is 4.21.